The van der Waals surface area contributed by atoms with Gasteiger partial charge in [0.1, 0.15) is 0 Å². The molecule has 0 aromatic heterocycles. The van der Waals surface area contributed by atoms with Crippen LogP contribution < -0.4 is 11.1 Å². The Bertz CT molecular complexity index is 437. The van der Waals surface area contributed by atoms with E-state index >= 15 is 0 Å². The largest absolute Gasteiger partial charge is 0.353 e. The van der Waals surface area contributed by atoms with Crippen molar-refractivity contribution in [2.75, 3.05) is 5.75 Å². The first-order valence-corrected chi connectivity index (χ1v) is 7.94. The molecule has 0 bridgehead atoms. The molecule has 2 rings (SSSR count). The van der Waals surface area contributed by atoms with E-state index in [0.717, 1.165) is 30.6 Å². The van der Waals surface area contributed by atoms with Crippen molar-refractivity contribution < 1.29 is 4.79 Å². The number of thioether (sulfide) groups is 1. The lowest BCUT2D eigenvalue weighted by Crippen LogP contribution is -2.41. The summed E-state index contributed by atoms with van der Waals surface area (Å²) >= 11 is 7.52. The molecule has 1 amide bonds. The number of halogens is 2. The van der Waals surface area contributed by atoms with E-state index in [-0.39, 0.29) is 18.3 Å². The third-order valence-corrected chi connectivity index (χ3v) is 4.85. The van der Waals surface area contributed by atoms with Crippen LogP contribution in [-0.2, 0) is 4.79 Å². The first kappa shape index (κ1) is 17.6. The summed E-state index contributed by atoms with van der Waals surface area (Å²) in [6, 6.07) is 8.18. The molecule has 1 aliphatic carbocycles. The molecule has 112 valence electrons. The Hall–Kier alpha value is -0.420. The number of nitrogens with two attached hydrogens (primary N) is 1. The van der Waals surface area contributed by atoms with Crippen molar-refractivity contribution in [3.63, 3.8) is 0 Å². The summed E-state index contributed by atoms with van der Waals surface area (Å²) in [6.45, 7) is 0. The molecule has 1 aromatic carbocycles. The molecule has 0 radical (unpaired) electrons. The van der Waals surface area contributed by atoms with Gasteiger partial charge in [0.25, 0.3) is 0 Å². The molecule has 3 nitrogen and oxygen atoms in total. The predicted octanol–water partition coefficient (Wildman–Crippen LogP) is 3.24. The van der Waals surface area contributed by atoms with Gasteiger partial charge in [-0.1, -0.05) is 23.7 Å². The van der Waals surface area contributed by atoms with Gasteiger partial charge >= 0.3 is 0 Å². The van der Waals surface area contributed by atoms with Crippen molar-refractivity contribution in [3.05, 3.63) is 29.3 Å². The maximum Gasteiger partial charge on any atom is 0.230 e. The Kier molecular flexibility index (Phi) is 7.74. The molecule has 0 saturated heterocycles. The number of carbonyl (C=O) groups is 1. The molecule has 1 saturated carbocycles. The summed E-state index contributed by atoms with van der Waals surface area (Å²) in [5, 5.41) is 3.77. The second-order valence-corrected chi connectivity index (χ2v) is 6.32. The van der Waals surface area contributed by atoms with Crippen LogP contribution in [0, 0.1) is 0 Å². The normalized spacial score (nSPS) is 21.9. The van der Waals surface area contributed by atoms with Crippen LogP contribution in [0.4, 0.5) is 0 Å². The predicted molar refractivity (Wildman–Crippen MR) is 87.8 cm³/mol. The van der Waals surface area contributed by atoms with E-state index in [1.54, 1.807) is 0 Å². The molecular weight excluding hydrogens is 315 g/mol. The quantitative estimate of drug-likeness (QED) is 0.831. The van der Waals surface area contributed by atoms with E-state index in [1.807, 2.05) is 24.3 Å². The van der Waals surface area contributed by atoms with Gasteiger partial charge in [0.15, 0.2) is 0 Å². The summed E-state index contributed by atoms with van der Waals surface area (Å²) in [5.41, 5.74) is 5.85. The number of amides is 1. The van der Waals surface area contributed by atoms with Crippen molar-refractivity contribution in [3.8, 4) is 0 Å². The van der Waals surface area contributed by atoms with Crippen LogP contribution in [0.2, 0.25) is 5.02 Å². The molecule has 0 atom stereocenters. The van der Waals surface area contributed by atoms with Crippen LogP contribution in [0.15, 0.2) is 29.2 Å². The summed E-state index contributed by atoms with van der Waals surface area (Å²) < 4.78 is 0. The fourth-order valence-corrected chi connectivity index (χ4v) is 3.29. The Labute approximate surface area is 135 Å². The molecule has 1 aliphatic rings. The van der Waals surface area contributed by atoms with Crippen LogP contribution in [0.1, 0.15) is 25.7 Å². The van der Waals surface area contributed by atoms with Crippen LogP contribution in [0.5, 0.6) is 0 Å². The molecule has 6 heteroatoms. The van der Waals surface area contributed by atoms with Crippen molar-refractivity contribution in [2.24, 2.45) is 5.73 Å². The highest BCUT2D eigenvalue weighted by atomic mass is 35.5. The van der Waals surface area contributed by atoms with Gasteiger partial charge in [0.2, 0.25) is 5.91 Å². The third kappa shape index (κ3) is 5.52. The summed E-state index contributed by atoms with van der Waals surface area (Å²) in [6.07, 6.45) is 3.98. The molecule has 3 N–H and O–H groups in total. The van der Waals surface area contributed by atoms with Gasteiger partial charge in [-0.3, -0.25) is 4.79 Å². The van der Waals surface area contributed by atoms with Gasteiger partial charge in [-0.2, -0.15) is 0 Å². The Balaban J connectivity index is 0.00000200. The zero-order valence-electron chi connectivity index (χ0n) is 11.2. The number of carbonyl (C=O) groups excluding carboxylic acids is 1. The highest BCUT2D eigenvalue weighted by Crippen LogP contribution is 2.26. The van der Waals surface area contributed by atoms with Crippen molar-refractivity contribution in [1.29, 1.82) is 0 Å². The van der Waals surface area contributed by atoms with E-state index in [4.69, 9.17) is 17.3 Å². The van der Waals surface area contributed by atoms with Gasteiger partial charge in [-0.25, -0.2) is 0 Å². The van der Waals surface area contributed by atoms with E-state index in [2.05, 4.69) is 5.32 Å². The van der Waals surface area contributed by atoms with Crippen LogP contribution in [-0.4, -0.2) is 23.7 Å². The fraction of sp³-hybridized carbons (Fsp3) is 0.500. The highest BCUT2D eigenvalue weighted by molar-refractivity contribution is 8.00. The molecule has 1 aromatic rings. The minimum atomic E-state index is 0. The van der Waals surface area contributed by atoms with Gasteiger partial charge < -0.3 is 11.1 Å². The van der Waals surface area contributed by atoms with E-state index in [0.29, 0.717) is 22.9 Å². The minimum absolute atomic E-state index is 0. The maximum atomic E-state index is 11.9. The van der Waals surface area contributed by atoms with Crippen LogP contribution in [0.3, 0.4) is 0 Å². The molecular formula is C14H20Cl2N2OS. The maximum absolute atomic E-state index is 11.9. The lowest BCUT2D eigenvalue weighted by Gasteiger charge is -2.26. The molecule has 0 aliphatic heterocycles. The zero-order valence-corrected chi connectivity index (χ0v) is 13.6. The lowest BCUT2D eigenvalue weighted by atomic mass is 9.92. The van der Waals surface area contributed by atoms with Crippen molar-refractivity contribution in [2.45, 2.75) is 42.7 Å². The first-order valence-electron chi connectivity index (χ1n) is 6.57. The van der Waals surface area contributed by atoms with Gasteiger partial charge in [-0.15, -0.1) is 24.2 Å². The number of benzene rings is 1. The Morgan fingerprint density at radius 3 is 2.60 bits per heavy atom. The number of hydrogen-bond acceptors (Lipinski definition) is 3. The average molecular weight is 335 g/mol. The van der Waals surface area contributed by atoms with Crippen molar-refractivity contribution in [1.82, 2.24) is 5.32 Å². The fourth-order valence-electron chi connectivity index (χ4n) is 2.24. The monoisotopic (exact) mass is 334 g/mol. The molecule has 0 unspecified atom stereocenters. The second kappa shape index (κ2) is 8.78. The lowest BCUT2D eigenvalue weighted by molar-refractivity contribution is -0.119. The van der Waals surface area contributed by atoms with Crippen LogP contribution in [0.25, 0.3) is 0 Å². The number of rotatable bonds is 4. The highest BCUT2D eigenvalue weighted by Gasteiger charge is 2.19. The molecule has 0 spiro atoms. The van der Waals surface area contributed by atoms with Gasteiger partial charge in [0.05, 0.1) is 10.8 Å². The standard InChI is InChI=1S/C14H19ClN2OS.ClH/c15-12-3-1-2-4-13(12)19-9-14(18)17-11-7-5-10(16)6-8-11;/h1-4,10-11H,5-9,16H2,(H,17,18);1H. The van der Waals surface area contributed by atoms with E-state index < -0.39 is 0 Å². The summed E-state index contributed by atoms with van der Waals surface area (Å²) in [4.78, 5) is 12.8. The van der Waals surface area contributed by atoms with E-state index in [1.165, 1.54) is 11.8 Å². The van der Waals surface area contributed by atoms with Gasteiger partial charge in [-0.05, 0) is 37.8 Å². The third-order valence-electron chi connectivity index (χ3n) is 3.33. The Morgan fingerprint density at radius 1 is 1.30 bits per heavy atom. The van der Waals surface area contributed by atoms with Crippen LogP contribution >= 0.6 is 35.8 Å². The number of nitrogens with one attached hydrogen (secondary N) is 1. The molecule has 20 heavy (non-hydrogen) atoms. The zero-order chi connectivity index (χ0) is 13.7. The topological polar surface area (TPSA) is 55.1 Å². The number of hydrogen-bond donors (Lipinski definition) is 2. The molecule has 1 fully saturated rings. The second-order valence-electron chi connectivity index (χ2n) is 4.90. The Morgan fingerprint density at radius 2 is 1.95 bits per heavy atom. The van der Waals surface area contributed by atoms with E-state index in [9.17, 15) is 4.79 Å². The SMILES string of the molecule is Cl.NC1CCC(NC(=O)CSc2ccccc2Cl)CC1. The smallest absolute Gasteiger partial charge is 0.230 e. The first-order chi connectivity index (χ1) is 9.15. The van der Waals surface area contributed by atoms with Gasteiger partial charge in [0, 0.05) is 17.0 Å². The minimum Gasteiger partial charge on any atom is -0.353 e. The molecule has 0 heterocycles. The van der Waals surface area contributed by atoms with Crippen molar-refractivity contribution >= 4 is 41.7 Å². The summed E-state index contributed by atoms with van der Waals surface area (Å²) in [5.74, 6) is 0.483. The summed E-state index contributed by atoms with van der Waals surface area (Å²) in [7, 11) is 0. The average Bonchev–Trinajstić information content (AvgIpc) is 2.40.